The molecule has 0 spiro atoms. The molecule has 2 aliphatic heterocycles. The van der Waals surface area contributed by atoms with Crippen LogP contribution in [-0.2, 0) is 0 Å². The van der Waals surface area contributed by atoms with Gasteiger partial charge in [-0.1, -0.05) is 48.5 Å². The molecule has 0 saturated heterocycles. The van der Waals surface area contributed by atoms with Gasteiger partial charge in [0, 0.05) is 33.0 Å². The fraction of sp³-hybridized carbons (Fsp3) is 0. The van der Waals surface area contributed by atoms with Crippen LogP contribution in [0.5, 0.6) is 0 Å². The summed E-state index contributed by atoms with van der Waals surface area (Å²) in [5.74, 6) is -0.673. The highest BCUT2D eigenvalue weighted by molar-refractivity contribution is 5.97. The van der Waals surface area contributed by atoms with Crippen LogP contribution in [0.15, 0.2) is 97.1 Å². The molecule has 0 amide bonds. The molecule has 8 bridgehead atoms. The van der Waals surface area contributed by atoms with E-state index in [0.29, 0.717) is 32.9 Å². The lowest BCUT2D eigenvalue weighted by Crippen LogP contribution is -1.80. The summed E-state index contributed by atoms with van der Waals surface area (Å²) in [7, 11) is 0. The number of nitrogens with zero attached hydrogens (tertiary/aromatic N) is 2. The second kappa shape index (κ2) is 7.03. The Labute approximate surface area is 194 Å². The monoisotopic (exact) mass is 442 g/mol. The molecule has 0 aliphatic carbocycles. The molecule has 3 heterocycles. The van der Waals surface area contributed by atoms with Crippen LogP contribution in [0.25, 0.3) is 66.6 Å². The number of halogens is 2. The zero-order valence-corrected chi connectivity index (χ0v) is 17.9. The van der Waals surface area contributed by atoms with Gasteiger partial charge < -0.3 is 0 Å². The Balaban J connectivity index is 1.72. The third-order valence-corrected chi connectivity index (χ3v) is 6.37. The van der Waals surface area contributed by atoms with Crippen molar-refractivity contribution in [2.75, 3.05) is 0 Å². The Morgan fingerprint density at radius 1 is 0.441 bits per heavy atom. The lowest BCUT2D eigenvalue weighted by Gasteiger charge is -2.02. The van der Waals surface area contributed by atoms with E-state index < -0.39 is 0 Å². The van der Waals surface area contributed by atoms with Crippen LogP contribution in [0.1, 0.15) is 0 Å². The molecule has 0 saturated carbocycles. The van der Waals surface area contributed by atoms with E-state index >= 15 is 0 Å². The molecule has 4 aromatic carbocycles. The third-order valence-electron chi connectivity index (χ3n) is 6.37. The highest BCUT2D eigenvalue weighted by atomic mass is 19.1. The quantitative estimate of drug-likeness (QED) is 0.237. The predicted octanol–water partition coefficient (Wildman–Crippen LogP) is 8.04. The van der Waals surface area contributed by atoms with Gasteiger partial charge >= 0.3 is 0 Å². The fourth-order valence-corrected chi connectivity index (χ4v) is 4.95. The molecule has 34 heavy (non-hydrogen) atoms. The topological polar surface area (TPSA) is 25.8 Å². The van der Waals surface area contributed by atoms with Gasteiger partial charge in [0.25, 0.3) is 0 Å². The van der Waals surface area contributed by atoms with E-state index in [9.17, 15) is 8.78 Å². The summed E-state index contributed by atoms with van der Waals surface area (Å²) in [6.45, 7) is 0. The first-order valence-corrected chi connectivity index (χ1v) is 11.0. The van der Waals surface area contributed by atoms with Crippen molar-refractivity contribution < 1.29 is 8.78 Å². The summed E-state index contributed by atoms with van der Waals surface area (Å²) in [5, 5.41) is 2.77. The molecule has 2 aliphatic rings. The molecule has 0 fully saturated rings. The van der Waals surface area contributed by atoms with Crippen LogP contribution < -0.4 is 0 Å². The first-order valence-electron chi connectivity index (χ1n) is 11.0. The fourth-order valence-electron chi connectivity index (χ4n) is 4.95. The van der Waals surface area contributed by atoms with E-state index in [-0.39, 0.29) is 11.6 Å². The van der Waals surface area contributed by atoms with Crippen molar-refractivity contribution >= 4 is 21.5 Å². The average Bonchev–Trinajstić information content (AvgIpc) is 3.37. The zero-order chi connectivity index (χ0) is 22.8. The number of benzene rings is 4. The van der Waals surface area contributed by atoms with Gasteiger partial charge in [-0.2, -0.15) is 0 Å². The van der Waals surface area contributed by atoms with Crippen molar-refractivity contribution in [3.8, 4) is 45.0 Å². The molecule has 5 aromatic rings. The molecular weight excluding hydrogens is 426 g/mol. The molecule has 4 heteroatoms. The molecule has 160 valence electrons. The summed E-state index contributed by atoms with van der Waals surface area (Å²) < 4.78 is 29.6. The first-order chi connectivity index (χ1) is 16.6. The van der Waals surface area contributed by atoms with Crippen molar-refractivity contribution in [1.82, 2.24) is 9.97 Å². The number of rotatable bonds is 0. The van der Waals surface area contributed by atoms with E-state index in [1.54, 1.807) is 0 Å². The standard InChI is InChI=1S/C30H16F2N2/c31-21-11-17-9-20(16-21)30-26-8-4-2-6-24(26)28(34-30)14-18-10-19(15-22(32)12-18)29-25-7-3-1-5-23(25)27(13-17)33-29/h1-16H. The molecular formula is C30H16F2N2. The van der Waals surface area contributed by atoms with Crippen molar-refractivity contribution in [1.29, 1.82) is 0 Å². The van der Waals surface area contributed by atoms with E-state index in [1.807, 2.05) is 72.8 Å². The van der Waals surface area contributed by atoms with Crippen molar-refractivity contribution in [2.24, 2.45) is 0 Å². The van der Waals surface area contributed by atoms with E-state index in [0.717, 1.165) is 33.6 Å². The van der Waals surface area contributed by atoms with Gasteiger partial charge in [-0.15, -0.1) is 0 Å². The normalized spacial score (nSPS) is 11.8. The Morgan fingerprint density at radius 3 is 1.29 bits per heavy atom. The first kappa shape index (κ1) is 19.1. The molecule has 7 rings (SSSR count). The van der Waals surface area contributed by atoms with Crippen LogP contribution in [0.2, 0.25) is 0 Å². The Hall–Kier alpha value is -4.44. The number of hydrogen-bond donors (Lipinski definition) is 0. The maximum atomic E-state index is 14.8. The second-order valence-electron chi connectivity index (χ2n) is 8.62. The molecule has 1 aromatic heterocycles. The SMILES string of the molecule is Fc1cc2cc3nc(c4cc(F)cc(cc5nc(c(c1)c2)-c1ccccc1-5)c4)-c1ccccc1-3. The zero-order valence-electron chi connectivity index (χ0n) is 17.9. The Kier molecular flexibility index (Phi) is 3.94. The van der Waals surface area contributed by atoms with Crippen LogP contribution in [0, 0.1) is 11.6 Å². The largest absolute Gasteiger partial charge is 0.247 e. The maximum Gasteiger partial charge on any atom is 0.124 e. The summed E-state index contributed by atoms with van der Waals surface area (Å²) in [5.41, 5.74) is 6.56. The van der Waals surface area contributed by atoms with Gasteiger partial charge in [-0.05, 0) is 59.3 Å². The minimum atomic E-state index is -0.336. The molecule has 0 N–H and O–H groups in total. The highest BCUT2D eigenvalue weighted by Crippen LogP contribution is 2.40. The number of fused-ring (bicyclic) bond motifs is 16. The maximum absolute atomic E-state index is 14.8. The lowest BCUT2D eigenvalue weighted by atomic mass is 10.00. The predicted molar refractivity (Wildman–Crippen MR) is 132 cm³/mol. The Bertz CT molecular complexity index is 1660. The summed E-state index contributed by atoms with van der Waals surface area (Å²) in [6.07, 6.45) is 0. The molecule has 0 radical (unpaired) electrons. The summed E-state index contributed by atoms with van der Waals surface area (Å²) >= 11 is 0. The van der Waals surface area contributed by atoms with Gasteiger partial charge in [0.1, 0.15) is 11.6 Å². The van der Waals surface area contributed by atoms with E-state index in [1.165, 1.54) is 24.3 Å². The average molecular weight is 442 g/mol. The minimum absolute atomic E-state index is 0.336. The van der Waals surface area contributed by atoms with Gasteiger partial charge in [0.15, 0.2) is 0 Å². The van der Waals surface area contributed by atoms with Crippen LogP contribution in [0.4, 0.5) is 8.78 Å². The van der Waals surface area contributed by atoms with Crippen LogP contribution >= 0.6 is 0 Å². The van der Waals surface area contributed by atoms with Crippen molar-refractivity contribution in [2.45, 2.75) is 0 Å². The van der Waals surface area contributed by atoms with Crippen molar-refractivity contribution in [3.63, 3.8) is 0 Å². The molecule has 0 atom stereocenters. The minimum Gasteiger partial charge on any atom is -0.247 e. The number of aromatic nitrogens is 2. The Morgan fingerprint density at radius 2 is 0.853 bits per heavy atom. The van der Waals surface area contributed by atoms with E-state index in [4.69, 9.17) is 9.97 Å². The van der Waals surface area contributed by atoms with Gasteiger partial charge in [0.2, 0.25) is 0 Å². The molecule has 0 unspecified atom stereocenters. The van der Waals surface area contributed by atoms with Crippen molar-refractivity contribution in [3.05, 3.63) is 109 Å². The van der Waals surface area contributed by atoms with Gasteiger partial charge in [-0.3, -0.25) is 0 Å². The number of hydrogen-bond acceptors (Lipinski definition) is 2. The highest BCUT2D eigenvalue weighted by Gasteiger charge is 2.19. The van der Waals surface area contributed by atoms with Gasteiger partial charge in [0.05, 0.1) is 22.8 Å². The van der Waals surface area contributed by atoms with E-state index in [2.05, 4.69) is 0 Å². The summed E-state index contributed by atoms with van der Waals surface area (Å²) in [6, 6.07) is 29.4. The second-order valence-corrected chi connectivity index (χ2v) is 8.62. The molecule has 2 nitrogen and oxygen atoms in total. The van der Waals surface area contributed by atoms with Crippen LogP contribution in [-0.4, -0.2) is 9.97 Å². The third kappa shape index (κ3) is 2.92. The smallest absolute Gasteiger partial charge is 0.124 e. The van der Waals surface area contributed by atoms with Crippen LogP contribution in [0.3, 0.4) is 0 Å². The summed E-state index contributed by atoms with van der Waals surface area (Å²) in [4.78, 5) is 9.74. The van der Waals surface area contributed by atoms with Gasteiger partial charge in [-0.25, -0.2) is 18.7 Å². The lowest BCUT2D eigenvalue weighted by molar-refractivity contribution is 0.630.